The number of aliphatic hydroxyl groups is 1. The molecule has 0 radical (unpaired) electrons. The maximum absolute atomic E-state index is 15.5. The van der Waals surface area contributed by atoms with Crippen LogP contribution >= 0.6 is 0 Å². The fourth-order valence-electron chi connectivity index (χ4n) is 4.39. The number of hydrogen-bond donors (Lipinski definition) is 1. The first kappa shape index (κ1) is 36.0. The van der Waals surface area contributed by atoms with Gasteiger partial charge in [-0.3, -0.25) is 0 Å². The molecule has 0 aliphatic carbocycles. The number of carbonyl (C=O) groups excluding carboxylic acids is 3. The molecule has 0 fully saturated rings. The lowest BCUT2D eigenvalue weighted by Gasteiger charge is -2.18. The first-order valence-electron chi connectivity index (χ1n) is 15.3. The lowest BCUT2D eigenvalue weighted by Crippen LogP contribution is -2.22. The van der Waals surface area contributed by atoms with Gasteiger partial charge in [-0.05, 0) is 55.2 Å². The second-order valence-electron chi connectivity index (χ2n) is 11.9. The zero-order valence-electron chi connectivity index (χ0n) is 28.0. The zero-order chi connectivity index (χ0) is 36.0. The van der Waals surface area contributed by atoms with E-state index in [0.717, 1.165) is 22.8 Å². The van der Waals surface area contributed by atoms with Gasteiger partial charge in [-0.1, -0.05) is 82.1 Å². The molecule has 0 spiro atoms. The van der Waals surface area contributed by atoms with Gasteiger partial charge in [0.05, 0.1) is 5.56 Å². The molecule has 0 saturated carbocycles. The van der Waals surface area contributed by atoms with Crippen LogP contribution in [-0.4, -0.2) is 29.3 Å². The van der Waals surface area contributed by atoms with Gasteiger partial charge in [0.1, 0.15) is 28.8 Å². The Kier molecular flexibility index (Phi) is 11.3. The van der Waals surface area contributed by atoms with E-state index < -0.39 is 30.0 Å². The van der Waals surface area contributed by atoms with Crippen molar-refractivity contribution in [1.29, 1.82) is 0 Å². The van der Waals surface area contributed by atoms with E-state index in [1.165, 1.54) is 19.9 Å². The third-order valence-electron chi connectivity index (χ3n) is 7.17. The number of ether oxygens (including phenoxy) is 4. The Bertz CT molecular complexity index is 1940. The minimum absolute atomic E-state index is 0.00296. The van der Waals surface area contributed by atoms with Crippen LogP contribution in [0.25, 0.3) is 33.4 Å². The lowest BCUT2D eigenvalue weighted by molar-refractivity contribution is -0.131. The van der Waals surface area contributed by atoms with Crippen LogP contribution in [0.1, 0.15) is 34.6 Å². The Morgan fingerprint density at radius 3 is 1.57 bits per heavy atom. The highest BCUT2D eigenvalue weighted by Crippen LogP contribution is 2.39. The van der Waals surface area contributed by atoms with Gasteiger partial charge in [0, 0.05) is 46.4 Å². The molecule has 252 valence electrons. The maximum Gasteiger partial charge on any atom is 0.338 e. The van der Waals surface area contributed by atoms with E-state index in [4.69, 9.17) is 18.9 Å². The fourth-order valence-corrected chi connectivity index (χ4v) is 4.39. The summed E-state index contributed by atoms with van der Waals surface area (Å²) in [6.07, 6.45) is -1.04. The molecular formula is C40H37FO8. The summed E-state index contributed by atoms with van der Waals surface area (Å²) in [5.41, 5.74) is 3.87. The molecule has 0 bridgehead atoms. The Morgan fingerprint density at radius 2 is 1.06 bits per heavy atom. The zero-order valence-corrected chi connectivity index (χ0v) is 28.0. The molecule has 0 saturated heterocycles. The maximum atomic E-state index is 15.5. The molecule has 9 heteroatoms. The normalized spacial score (nSPS) is 11.3. The summed E-state index contributed by atoms with van der Waals surface area (Å²) in [6.45, 7) is 18.9. The first-order valence-corrected chi connectivity index (χ1v) is 15.3. The Morgan fingerprint density at radius 1 is 0.612 bits per heavy atom. The minimum atomic E-state index is -1.04. The second-order valence-corrected chi connectivity index (χ2v) is 11.9. The minimum Gasteiger partial charge on any atom is -0.465 e. The van der Waals surface area contributed by atoms with Crippen molar-refractivity contribution in [1.82, 2.24) is 0 Å². The van der Waals surface area contributed by atoms with Crippen molar-refractivity contribution in [2.45, 2.75) is 40.9 Å². The summed E-state index contributed by atoms with van der Waals surface area (Å²) in [4.78, 5) is 36.9. The molecule has 0 aromatic heterocycles. The summed E-state index contributed by atoms with van der Waals surface area (Å²) < 4.78 is 37.4. The van der Waals surface area contributed by atoms with Crippen molar-refractivity contribution in [3.63, 3.8) is 0 Å². The van der Waals surface area contributed by atoms with Crippen LogP contribution in [0.5, 0.6) is 23.0 Å². The van der Waals surface area contributed by atoms with Crippen LogP contribution < -0.4 is 18.9 Å². The molecule has 0 aliphatic rings. The van der Waals surface area contributed by atoms with E-state index >= 15 is 4.39 Å². The SMILES string of the molecule is C=C(C)C(=O)Oc1cc(F)c(-c2ccc(-c3ccc(-c4ccc(OC(O)C(C)C)cc4OC(=O)C(=C)C)cc3)cc2)c(OC(=O)C(=C)C)c1. The molecule has 4 aromatic carbocycles. The molecule has 8 nitrogen and oxygen atoms in total. The number of esters is 3. The number of halogens is 1. The van der Waals surface area contributed by atoms with Gasteiger partial charge in [0.15, 0.2) is 6.29 Å². The number of benzene rings is 4. The number of aliphatic hydroxyl groups excluding tert-OH is 1. The van der Waals surface area contributed by atoms with Gasteiger partial charge >= 0.3 is 17.9 Å². The number of carbonyl (C=O) groups is 3. The second kappa shape index (κ2) is 15.4. The molecule has 4 rings (SSSR count). The van der Waals surface area contributed by atoms with Crippen molar-refractivity contribution in [3.05, 3.63) is 121 Å². The summed E-state index contributed by atoms with van der Waals surface area (Å²) in [5.74, 6) is -2.77. The van der Waals surface area contributed by atoms with E-state index in [9.17, 15) is 19.5 Å². The lowest BCUT2D eigenvalue weighted by atomic mass is 9.97. The Hall–Kier alpha value is -5.80. The highest BCUT2D eigenvalue weighted by Gasteiger charge is 2.21. The predicted octanol–water partition coefficient (Wildman–Crippen LogP) is 8.62. The van der Waals surface area contributed by atoms with E-state index in [1.54, 1.807) is 49.4 Å². The first-order chi connectivity index (χ1) is 23.1. The van der Waals surface area contributed by atoms with E-state index in [1.807, 2.05) is 38.1 Å². The monoisotopic (exact) mass is 664 g/mol. The van der Waals surface area contributed by atoms with Crippen molar-refractivity contribution in [3.8, 4) is 56.4 Å². The fraction of sp³-hybridized carbons (Fsp3) is 0.175. The number of hydrogen-bond acceptors (Lipinski definition) is 8. The van der Waals surface area contributed by atoms with Gasteiger partial charge in [-0.15, -0.1) is 0 Å². The molecule has 0 aliphatic heterocycles. The van der Waals surface area contributed by atoms with Crippen molar-refractivity contribution < 1.29 is 42.8 Å². The predicted molar refractivity (Wildman–Crippen MR) is 186 cm³/mol. The molecule has 0 amide bonds. The highest BCUT2D eigenvalue weighted by atomic mass is 19.1. The molecular weight excluding hydrogens is 627 g/mol. The summed E-state index contributed by atoms with van der Waals surface area (Å²) in [5, 5.41) is 10.2. The highest BCUT2D eigenvalue weighted by molar-refractivity contribution is 5.92. The van der Waals surface area contributed by atoms with Crippen LogP contribution in [-0.2, 0) is 14.4 Å². The Labute approximate surface area is 284 Å². The molecule has 0 heterocycles. The third kappa shape index (κ3) is 8.97. The van der Waals surface area contributed by atoms with Crippen molar-refractivity contribution in [2.75, 3.05) is 0 Å². The van der Waals surface area contributed by atoms with Crippen LogP contribution in [0.4, 0.5) is 4.39 Å². The average molecular weight is 665 g/mol. The molecule has 1 unspecified atom stereocenters. The Balaban J connectivity index is 1.65. The topological polar surface area (TPSA) is 108 Å². The summed E-state index contributed by atoms with van der Waals surface area (Å²) in [7, 11) is 0. The molecule has 49 heavy (non-hydrogen) atoms. The van der Waals surface area contributed by atoms with Crippen LogP contribution in [0.15, 0.2) is 115 Å². The van der Waals surface area contributed by atoms with Gasteiger partial charge in [0.2, 0.25) is 0 Å². The van der Waals surface area contributed by atoms with Crippen LogP contribution in [0.2, 0.25) is 0 Å². The summed E-state index contributed by atoms with van der Waals surface area (Å²) >= 11 is 0. The van der Waals surface area contributed by atoms with Crippen LogP contribution in [0, 0.1) is 11.7 Å². The summed E-state index contributed by atoms with van der Waals surface area (Å²) in [6, 6.07) is 21.7. The van der Waals surface area contributed by atoms with Gasteiger partial charge in [-0.2, -0.15) is 0 Å². The standard InChI is InChI=1S/C40H37FO8/c1-22(2)37(42)46-30-17-18-32(34(20-30)48-39(44)24(5)6)28-13-9-26(10-14-28)27-11-15-29(16-12-27)36-33(41)19-31(47-38(43)23(3)4)21-35(36)49-40(45)25(7)8/h9-22,37,42H,3,5,7H2,1-2,4,6,8H3. The van der Waals surface area contributed by atoms with Gasteiger partial charge < -0.3 is 24.1 Å². The molecule has 1 atom stereocenters. The molecule has 4 aromatic rings. The van der Waals surface area contributed by atoms with Crippen LogP contribution in [0.3, 0.4) is 0 Å². The van der Waals surface area contributed by atoms with Crippen molar-refractivity contribution >= 4 is 17.9 Å². The largest absolute Gasteiger partial charge is 0.465 e. The van der Waals surface area contributed by atoms with Crippen molar-refractivity contribution in [2.24, 2.45) is 5.92 Å². The van der Waals surface area contributed by atoms with E-state index in [0.29, 0.717) is 16.9 Å². The average Bonchev–Trinajstić information content (AvgIpc) is 3.05. The molecule has 1 N–H and O–H groups in total. The van der Waals surface area contributed by atoms with E-state index in [-0.39, 0.29) is 45.4 Å². The van der Waals surface area contributed by atoms with E-state index in [2.05, 4.69) is 19.7 Å². The quantitative estimate of drug-likeness (QED) is 0.0694. The van der Waals surface area contributed by atoms with Gasteiger partial charge in [-0.25, -0.2) is 18.8 Å². The smallest absolute Gasteiger partial charge is 0.338 e. The third-order valence-corrected chi connectivity index (χ3v) is 7.17. The van der Waals surface area contributed by atoms with Gasteiger partial charge in [0.25, 0.3) is 0 Å². The number of rotatable bonds is 12.